The van der Waals surface area contributed by atoms with Crippen molar-refractivity contribution in [3.8, 4) is 0 Å². The maximum Gasteiger partial charge on any atom is 0.226 e. The van der Waals surface area contributed by atoms with Crippen molar-refractivity contribution in [2.45, 2.75) is 19.9 Å². The Balaban J connectivity index is 2.15. The van der Waals surface area contributed by atoms with Gasteiger partial charge < -0.3 is 4.74 Å². The van der Waals surface area contributed by atoms with E-state index in [4.69, 9.17) is 4.74 Å². The average molecular weight is 195 g/mol. The Labute approximate surface area is 82.3 Å². The van der Waals surface area contributed by atoms with Crippen LogP contribution < -0.4 is 0 Å². The summed E-state index contributed by atoms with van der Waals surface area (Å²) in [7, 11) is 0. The molecular formula is C10H13NOS. The summed E-state index contributed by atoms with van der Waals surface area (Å²) in [6.07, 6.45) is 0. The first-order valence-corrected chi connectivity index (χ1v) is 5.40. The second kappa shape index (κ2) is 3.50. The SMILES string of the molecule is CC(C)[C@H]1COC(c2cccs2)=N1. The van der Waals surface area contributed by atoms with E-state index >= 15 is 0 Å². The predicted octanol–water partition coefficient (Wildman–Crippen LogP) is 2.55. The van der Waals surface area contributed by atoms with Gasteiger partial charge in [0.25, 0.3) is 0 Å². The van der Waals surface area contributed by atoms with E-state index in [1.54, 1.807) is 11.3 Å². The van der Waals surface area contributed by atoms with Crippen molar-refractivity contribution in [3.63, 3.8) is 0 Å². The van der Waals surface area contributed by atoms with Crippen molar-refractivity contribution < 1.29 is 4.74 Å². The molecule has 0 unspecified atom stereocenters. The minimum atomic E-state index is 0.345. The molecule has 0 aromatic carbocycles. The van der Waals surface area contributed by atoms with Crippen molar-refractivity contribution in [1.29, 1.82) is 0 Å². The van der Waals surface area contributed by atoms with Crippen LogP contribution in [0.4, 0.5) is 0 Å². The van der Waals surface area contributed by atoms with Gasteiger partial charge in [-0.15, -0.1) is 11.3 Å². The van der Waals surface area contributed by atoms with E-state index in [0.29, 0.717) is 12.0 Å². The maximum atomic E-state index is 5.53. The molecular weight excluding hydrogens is 182 g/mol. The number of thiophene rings is 1. The number of aliphatic imine (C=N–C) groups is 1. The highest BCUT2D eigenvalue weighted by molar-refractivity contribution is 7.12. The molecule has 2 nitrogen and oxygen atoms in total. The second-order valence-corrected chi connectivity index (χ2v) is 4.48. The Morgan fingerprint density at radius 1 is 1.62 bits per heavy atom. The predicted molar refractivity (Wildman–Crippen MR) is 55.4 cm³/mol. The van der Waals surface area contributed by atoms with Crippen LogP contribution in [-0.4, -0.2) is 18.5 Å². The molecule has 70 valence electrons. The molecule has 1 aliphatic heterocycles. The van der Waals surface area contributed by atoms with E-state index in [0.717, 1.165) is 17.4 Å². The van der Waals surface area contributed by atoms with Gasteiger partial charge in [-0.3, -0.25) is 0 Å². The number of hydrogen-bond acceptors (Lipinski definition) is 3. The second-order valence-electron chi connectivity index (χ2n) is 3.53. The van der Waals surface area contributed by atoms with Crippen LogP contribution in [0.15, 0.2) is 22.5 Å². The molecule has 1 atom stereocenters. The molecule has 13 heavy (non-hydrogen) atoms. The molecule has 2 heterocycles. The van der Waals surface area contributed by atoms with Crippen LogP contribution in [0.25, 0.3) is 0 Å². The fourth-order valence-electron chi connectivity index (χ4n) is 1.27. The van der Waals surface area contributed by atoms with Crippen molar-refractivity contribution in [3.05, 3.63) is 22.4 Å². The van der Waals surface area contributed by atoms with E-state index in [1.165, 1.54) is 0 Å². The molecule has 0 saturated carbocycles. The third-order valence-corrected chi connectivity index (χ3v) is 3.03. The van der Waals surface area contributed by atoms with Crippen LogP contribution in [0, 0.1) is 5.92 Å². The third kappa shape index (κ3) is 1.75. The summed E-state index contributed by atoms with van der Waals surface area (Å²) in [5.41, 5.74) is 0. The molecule has 1 aromatic heterocycles. The quantitative estimate of drug-likeness (QED) is 0.710. The molecule has 0 N–H and O–H groups in total. The molecule has 1 aliphatic rings. The molecule has 0 amide bonds. The molecule has 3 heteroatoms. The van der Waals surface area contributed by atoms with Gasteiger partial charge in [-0.2, -0.15) is 0 Å². The van der Waals surface area contributed by atoms with Gasteiger partial charge in [0.05, 0.1) is 10.9 Å². The number of nitrogens with zero attached hydrogens (tertiary/aromatic N) is 1. The first-order valence-electron chi connectivity index (χ1n) is 4.52. The van der Waals surface area contributed by atoms with Crippen LogP contribution in [-0.2, 0) is 4.74 Å². The maximum absolute atomic E-state index is 5.53. The lowest BCUT2D eigenvalue weighted by molar-refractivity contribution is 0.292. The highest BCUT2D eigenvalue weighted by atomic mass is 32.1. The van der Waals surface area contributed by atoms with Crippen LogP contribution >= 0.6 is 11.3 Å². The van der Waals surface area contributed by atoms with Crippen LogP contribution in [0.3, 0.4) is 0 Å². The molecule has 0 spiro atoms. The zero-order valence-corrected chi connectivity index (χ0v) is 8.67. The first kappa shape index (κ1) is 8.75. The van der Waals surface area contributed by atoms with Gasteiger partial charge in [0.15, 0.2) is 0 Å². The Hall–Kier alpha value is -0.830. The molecule has 0 saturated heterocycles. The first-order chi connectivity index (χ1) is 6.27. The van der Waals surface area contributed by atoms with Gasteiger partial charge in [-0.25, -0.2) is 4.99 Å². The Morgan fingerprint density at radius 2 is 2.46 bits per heavy atom. The summed E-state index contributed by atoms with van der Waals surface area (Å²) < 4.78 is 5.53. The fourth-order valence-corrected chi connectivity index (χ4v) is 1.94. The van der Waals surface area contributed by atoms with Crippen molar-refractivity contribution >= 4 is 17.2 Å². The minimum absolute atomic E-state index is 0.345. The van der Waals surface area contributed by atoms with E-state index in [1.807, 2.05) is 17.5 Å². The highest BCUT2D eigenvalue weighted by Crippen LogP contribution is 2.19. The van der Waals surface area contributed by atoms with Crippen molar-refractivity contribution in [2.24, 2.45) is 10.9 Å². The third-order valence-electron chi connectivity index (χ3n) is 2.18. The fraction of sp³-hybridized carbons (Fsp3) is 0.500. The zero-order chi connectivity index (χ0) is 9.26. The minimum Gasteiger partial charge on any atom is -0.475 e. The monoisotopic (exact) mass is 195 g/mol. The van der Waals surface area contributed by atoms with Gasteiger partial charge >= 0.3 is 0 Å². The summed E-state index contributed by atoms with van der Waals surface area (Å²) in [5, 5.41) is 2.05. The summed E-state index contributed by atoms with van der Waals surface area (Å²) in [5.74, 6) is 1.39. The lowest BCUT2D eigenvalue weighted by Gasteiger charge is -2.06. The van der Waals surface area contributed by atoms with Crippen LogP contribution in [0.1, 0.15) is 18.7 Å². The summed E-state index contributed by atoms with van der Waals surface area (Å²) in [6, 6.07) is 4.41. The van der Waals surface area contributed by atoms with Crippen molar-refractivity contribution in [1.82, 2.24) is 0 Å². The molecule has 0 fully saturated rings. The highest BCUT2D eigenvalue weighted by Gasteiger charge is 2.22. The summed E-state index contributed by atoms with van der Waals surface area (Å²) in [4.78, 5) is 5.68. The zero-order valence-electron chi connectivity index (χ0n) is 7.86. The lowest BCUT2D eigenvalue weighted by atomic mass is 10.1. The number of hydrogen-bond donors (Lipinski definition) is 0. The van der Waals surface area contributed by atoms with Crippen molar-refractivity contribution in [2.75, 3.05) is 6.61 Å². The van der Waals surface area contributed by atoms with E-state index < -0.39 is 0 Å². The van der Waals surface area contributed by atoms with Gasteiger partial charge in [0.2, 0.25) is 5.90 Å². The average Bonchev–Trinajstić information content (AvgIpc) is 2.75. The van der Waals surface area contributed by atoms with Gasteiger partial charge in [0, 0.05) is 0 Å². The van der Waals surface area contributed by atoms with Gasteiger partial charge in [-0.05, 0) is 17.4 Å². The summed E-state index contributed by atoms with van der Waals surface area (Å²) >= 11 is 1.68. The number of rotatable bonds is 2. The molecule has 0 radical (unpaired) electrons. The normalized spacial score (nSPS) is 21.8. The topological polar surface area (TPSA) is 21.6 Å². The lowest BCUT2D eigenvalue weighted by Crippen LogP contribution is -2.13. The van der Waals surface area contributed by atoms with Crippen LogP contribution in [0.2, 0.25) is 0 Å². The summed E-state index contributed by atoms with van der Waals surface area (Å²) in [6.45, 7) is 5.09. The van der Waals surface area contributed by atoms with Crippen LogP contribution in [0.5, 0.6) is 0 Å². The van der Waals surface area contributed by atoms with E-state index in [2.05, 4.69) is 18.8 Å². The molecule has 0 bridgehead atoms. The molecule has 0 aliphatic carbocycles. The molecule has 1 aromatic rings. The van der Waals surface area contributed by atoms with Gasteiger partial charge in [0.1, 0.15) is 6.61 Å². The van der Waals surface area contributed by atoms with E-state index in [9.17, 15) is 0 Å². The Morgan fingerprint density at radius 3 is 3.00 bits per heavy atom. The Bertz CT molecular complexity index is 303. The van der Waals surface area contributed by atoms with E-state index in [-0.39, 0.29) is 0 Å². The van der Waals surface area contributed by atoms with Gasteiger partial charge in [-0.1, -0.05) is 19.9 Å². The standard InChI is InChI=1S/C10H13NOS/c1-7(2)8-6-12-10(11-8)9-4-3-5-13-9/h3-5,7-8H,6H2,1-2H3/t8-/m1/s1. The largest absolute Gasteiger partial charge is 0.475 e. The number of ether oxygens (including phenoxy) is 1. The smallest absolute Gasteiger partial charge is 0.226 e. The Kier molecular flexibility index (Phi) is 2.36. The molecule has 2 rings (SSSR count).